The molecule has 1 unspecified atom stereocenters. The van der Waals surface area contributed by atoms with Crippen LogP contribution in [0.15, 0.2) is 24.3 Å². The zero-order valence-corrected chi connectivity index (χ0v) is 10.7. The largest absolute Gasteiger partial charge is 0.378 e. The Kier molecular flexibility index (Phi) is 5.26. The van der Waals surface area contributed by atoms with Crippen LogP contribution >= 0.6 is 0 Å². The lowest BCUT2D eigenvalue weighted by atomic mass is 10.1. The van der Waals surface area contributed by atoms with Gasteiger partial charge in [-0.1, -0.05) is 12.1 Å². The molecule has 1 aliphatic rings. The molecular weight excluding hydrogens is 248 g/mol. The second-order valence-electron chi connectivity index (χ2n) is 4.45. The van der Waals surface area contributed by atoms with Gasteiger partial charge in [0.05, 0.1) is 30.8 Å². The minimum Gasteiger partial charge on any atom is -0.378 e. The third kappa shape index (κ3) is 4.59. The lowest BCUT2D eigenvalue weighted by molar-refractivity contribution is -0.384. The molecule has 19 heavy (non-hydrogen) atoms. The van der Waals surface area contributed by atoms with Gasteiger partial charge in [-0.15, -0.1) is 0 Å². The minimum absolute atomic E-state index is 0.117. The summed E-state index contributed by atoms with van der Waals surface area (Å²) in [7, 11) is 0. The third-order valence-corrected chi connectivity index (χ3v) is 2.99. The maximum absolute atomic E-state index is 10.5. The molecule has 1 atom stereocenters. The Balaban J connectivity index is 1.66. The van der Waals surface area contributed by atoms with Crippen LogP contribution in [0.2, 0.25) is 0 Å². The molecule has 0 amide bonds. The normalized spacial score (nSPS) is 19.3. The van der Waals surface area contributed by atoms with E-state index >= 15 is 0 Å². The summed E-state index contributed by atoms with van der Waals surface area (Å²) in [6.45, 7) is 3.64. The second kappa shape index (κ2) is 7.18. The van der Waals surface area contributed by atoms with Crippen LogP contribution in [0.3, 0.4) is 0 Å². The number of hydrogen-bond acceptors (Lipinski definition) is 5. The first-order valence-electron chi connectivity index (χ1n) is 6.39. The van der Waals surface area contributed by atoms with Crippen LogP contribution in [0.25, 0.3) is 0 Å². The maximum Gasteiger partial charge on any atom is 0.269 e. The van der Waals surface area contributed by atoms with Gasteiger partial charge in [-0.3, -0.25) is 10.1 Å². The summed E-state index contributed by atoms with van der Waals surface area (Å²) < 4.78 is 11.1. The van der Waals surface area contributed by atoms with E-state index < -0.39 is 4.92 Å². The molecule has 1 aromatic carbocycles. The summed E-state index contributed by atoms with van der Waals surface area (Å²) in [5, 5.41) is 13.8. The van der Waals surface area contributed by atoms with Gasteiger partial charge >= 0.3 is 0 Å². The number of rotatable bonds is 6. The SMILES string of the molecule is O=[N+]([O-])c1ccc(CCOCC2CNCCO2)cc1. The van der Waals surface area contributed by atoms with E-state index in [1.54, 1.807) is 12.1 Å². The molecule has 0 aliphatic carbocycles. The molecule has 1 fully saturated rings. The first-order valence-corrected chi connectivity index (χ1v) is 6.39. The molecule has 1 N–H and O–H groups in total. The van der Waals surface area contributed by atoms with Crippen molar-refractivity contribution >= 4 is 5.69 Å². The lowest BCUT2D eigenvalue weighted by Gasteiger charge is -2.23. The molecular formula is C13H18N2O4. The third-order valence-electron chi connectivity index (χ3n) is 2.99. The van der Waals surface area contributed by atoms with Crippen molar-refractivity contribution in [1.82, 2.24) is 5.32 Å². The molecule has 1 saturated heterocycles. The van der Waals surface area contributed by atoms with Crippen molar-refractivity contribution in [3.05, 3.63) is 39.9 Å². The van der Waals surface area contributed by atoms with E-state index in [4.69, 9.17) is 9.47 Å². The van der Waals surface area contributed by atoms with E-state index in [9.17, 15) is 10.1 Å². The van der Waals surface area contributed by atoms with Crippen LogP contribution in [0, 0.1) is 10.1 Å². The predicted molar refractivity (Wildman–Crippen MR) is 70.2 cm³/mol. The Morgan fingerprint density at radius 3 is 2.84 bits per heavy atom. The first kappa shape index (κ1) is 13.9. The van der Waals surface area contributed by atoms with Crippen molar-refractivity contribution in [2.75, 3.05) is 32.9 Å². The van der Waals surface area contributed by atoms with Gasteiger partial charge < -0.3 is 14.8 Å². The fraction of sp³-hybridized carbons (Fsp3) is 0.538. The number of nitrogens with one attached hydrogen (secondary N) is 1. The van der Waals surface area contributed by atoms with E-state index in [-0.39, 0.29) is 11.8 Å². The fourth-order valence-corrected chi connectivity index (χ4v) is 1.92. The van der Waals surface area contributed by atoms with Crippen LogP contribution in [0.4, 0.5) is 5.69 Å². The average Bonchev–Trinajstić information content (AvgIpc) is 2.45. The minimum atomic E-state index is -0.395. The van der Waals surface area contributed by atoms with E-state index in [1.165, 1.54) is 12.1 Å². The van der Waals surface area contributed by atoms with Crippen LogP contribution in [0.5, 0.6) is 0 Å². The number of nitro groups is 1. The molecule has 2 rings (SSSR count). The molecule has 0 spiro atoms. The molecule has 1 heterocycles. The number of morpholine rings is 1. The van der Waals surface area contributed by atoms with Crippen molar-refractivity contribution in [2.45, 2.75) is 12.5 Å². The number of nitrogens with zero attached hydrogens (tertiary/aromatic N) is 1. The van der Waals surface area contributed by atoms with Crippen molar-refractivity contribution < 1.29 is 14.4 Å². The van der Waals surface area contributed by atoms with Gasteiger partial charge in [0.2, 0.25) is 0 Å². The Morgan fingerprint density at radius 2 is 2.21 bits per heavy atom. The van der Waals surface area contributed by atoms with Crippen molar-refractivity contribution in [1.29, 1.82) is 0 Å². The van der Waals surface area contributed by atoms with Crippen LogP contribution in [-0.2, 0) is 15.9 Å². The molecule has 0 radical (unpaired) electrons. The molecule has 104 valence electrons. The Morgan fingerprint density at radius 1 is 1.42 bits per heavy atom. The maximum atomic E-state index is 10.5. The Hall–Kier alpha value is -1.50. The van der Waals surface area contributed by atoms with Crippen LogP contribution in [-0.4, -0.2) is 43.9 Å². The van der Waals surface area contributed by atoms with Gasteiger partial charge in [0.15, 0.2) is 0 Å². The molecule has 6 heteroatoms. The van der Waals surface area contributed by atoms with Gasteiger partial charge in [-0.05, 0) is 12.0 Å². The summed E-state index contributed by atoms with van der Waals surface area (Å²) in [4.78, 5) is 10.1. The first-order chi connectivity index (χ1) is 9.25. The van der Waals surface area contributed by atoms with E-state index in [0.717, 1.165) is 31.7 Å². The zero-order chi connectivity index (χ0) is 13.5. The smallest absolute Gasteiger partial charge is 0.269 e. The molecule has 0 bridgehead atoms. The summed E-state index contributed by atoms with van der Waals surface area (Å²) >= 11 is 0. The molecule has 1 aliphatic heterocycles. The monoisotopic (exact) mass is 266 g/mol. The highest BCUT2D eigenvalue weighted by atomic mass is 16.6. The summed E-state index contributed by atoms with van der Waals surface area (Å²) in [6, 6.07) is 6.56. The zero-order valence-electron chi connectivity index (χ0n) is 10.7. The number of hydrogen-bond donors (Lipinski definition) is 1. The second-order valence-corrected chi connectivity index (χ2v) is 4.45. The number of nitro benzene ring substituents is 1. The van der Waals surface area contributed by atoms with Crippen LogP contribution in [0.1, 0.15) is 5.56 Å². The van der Waals surface area contributed by atoms with E-state index in [2.05, 4.69) is 5.32 Å². The Labute approximate surface area is 111 Å². The lowest BCUT2D eigenvalue weighted by Crippen LogP contribution is -2.41. The molecule has 0 saturated carbocycles. The summed E-state index contributed by atoms with van der Waals surface area (Å²) in [5.41, 5.74) is 1.15. The highest BCUT2D eigenvalue weighted by Gasteiger charge is 2.12. The van der Waals surface area contributed by atoms with Crippen LogP contribution < -0.4 is 5.32 Å². The van der Waals surface area contributed by atoms with Crippen molar-refractivity contribution in [3.8, 4) is 0 Å². The van der Waals surface area contributed by atoms with E-state index in [1.807, 2.05) is 0 Å². The quantitative estimate of drug-likeness (QED) is 0.475. The molecule has 6 nitrogen and oxygen atoms in total. The van der Waals surface area contributed by atoms with Gasteiger partial charge in [-0.25, -0.2) is 0 Å². The number of non-ortho nitro benzene ring substituents is 1. The number of ether oxygens (including phenoxy) is 2. The molecule has 1 aromatic rings. The number of benzene rings is 1. The highest BCUT2D eigenvalue weighted by molar-refractivity contribution is 5.32. The molecule has 0 aromatic heterocycles. The van der Waals surface area contributed by atoms with E-state index in [0.29, 0.717) is 13.2 Å². The van der Waals surface area contributed by atoms with Gasteiger partial charge in [0, 0.05) is 25.2 Å². The standard InChI is InChI=1S/C13H18N2O4/c16-15(17)12-3-1-11(2-4-12)5-7-18-10-13-9-14-6-8-19-13/h1-4,13-14H,5-10H2. The van der Waals surface area contributed by atoms with Crippen molar-refractivity contribution in [3.63, 3.8) is 0 Å². The summed E-state index contributed by atoms with van der Waals surface area (Å²) in [6.07, 6.45) is 0.878. The van der Waals surface area contributed by atoms with Gasteiger partial charge in [-0.2, -0.15) is 0 Å². The average molecular weight is 266 g/mol. The highest BCUT2D eigenvalue weighted by Crippen LogP contribution is 2.12. The Bertz CT molecular complexity index is 402. The summed E-state index contributed by atoms with van der Waals surface area (Å²) in [5.74, 6) is 0. The van der Waals surface area contributed by atoms with Crippen molar-refractivity contribution in [2.24, 2.45) is 0 Å². The fourth-order valence-electron chi connectivity index (χ4n) is 1.92. The van der Waals surface area contributed by atoms with Gasteiger partial charge in [0.1, 0.15) is 0 Å². The van der Waals surface area contributed by atoms with Gasteiger partial charge in [0.25, 0.3) is 5.69 Å². The topological polar surface area (TPSA) is 73.6 Å². The predicted octanol–water partition coefficient (Wildman–Crippen LogP) is 1.14.